The first-order valence-corrected chi connectivity index (χ1v) is 9.09. The van der Waals surface area contributed by atoms with Gasteiger partial charge in [-0.3, -0.25) is 9.97 Å². The van der Waals surface area contributed by atoms with Crippen molar-refractivity contribution in [3.63, 3.8) is 0 Å². The van der Waals surface area contributed by atoms with Crippen LogP contribution in [-0.4, -0.2) is 14.5 Å². The molecule has 130 valence electrons. The maximum atomic E-state index is 4.83. The third kappa shape index (κ3) is 2.51. The average molecular weight is 349 g/mol. The number of hydrogen-bond donors (Lipinski definition) is 0. The highest BCUT2D eigenvalue weighted by atomic mass is 15.0. The van der Waals surface area contributed by atoms with E-state index in [2.05, 4.69) is 72.1 Å². The molecule has 3 aromatic heterocycles. The minimum atomic E-state index is 0.970. The van der Waals surface area contributed by atoms with Gasteiger partial charge in [-0.1, -0.05) is 42.5 Å². The minimum Gasteiger partial charge on any atom is -0.342 e. The summed E-state index contributed by atoms with van der Waals surface area (Å²) in [5.74, 6) is 0. The summed E-state index contributed by atoms with van der Waals surface area (Å²) < 4.78 is 2.23. The van der Waals surface area contributed by atoms with Crippen molar-refractivity contribution in [1.82, 2.24) is 14.5 Å². The number of hydrogen-bond acceptors (Lipinski definition) is 2. The molecule has 0 N–H and O–H groups in total. The molecule has 0 saturated heterocycles. The molecule has 3 heterocycles. The molecule has 5 rings (SSSR count). The monoisotopic (exact) mass is 349 g/mol. The summed E-state index contributed by atoms with van der Waals surface area (Å²) in [5.41, 5.74) is 6.61. The molecule has 0 amide bonds. The Kier molecular flexibility index (Phi) is 3.54. The number of aryl methyl sites for hydroxylation is 2. The lowest BCUT2D eigenvalue weighted by molar-refractivity contribution is 0.996. The molecule has 0 unspecified atom stereocenters. The van der Waals surface area contributed by atoms with Crippen molar-refractivity contribution in [2.24, 2.45) is 7.05 Å². The molecule has 0 bridgehead atoms. The molecule has 27 heavy (non-hydrogen) atoms. The van der Waals surface area contributed by atoms with Gasteiger partial charge in [-0.25, -0.2) is 0 Å². The Morgan fingerprint density at radius 3 is 2.52 bits per heavy atom. The Morgan fingerprint density at radius 2 is 1.63 bits per heavy atom. The van der Waals surface area contributed by atoms with Crippen molar-refractivity contribution in [2.45, 2.75) is 6.92 Å². The number of para-hydroxylation sites is 2. The summed E-state index contributed by atoms with van der Waals surface area (Å²) in [4.78, 5) is 9.27. The average Bonchev–Trinajstić information content (AvgIpc) is 2.99. The van der Waals surface area contributed by atoms with Crippen LogP contribution in [0.4, 0.5) is 0 Å². The molecule has 3 heteroatoms. The van der Waals surface area contributed by atoms with Gasteiger partial charge in [-0.05, 0) is 42.8 Å². The van der Waals surface area contributed by atoms with E-state index >= 15 is 0 Å². The summed E-state index contributed by atoms with van der Waals surface area (Å²) in [5, 5.41) is 3.67. The maximum absolute atomic E-state index is 4.83. The second-order valence-electron chi connectivity index (χ2n) is 6.86. The quantitative estimate of drug-likeness (QED) is 0.406. The Balaban J connectivity index is 1.67. The lowest BCUT2D eigenvalue weighted by Gasteiger charge is -2.04. The van der Waals surface area contributed by atoms with Gasteiger partial charge >= 0.3 is 0 Å². The fraction of sp³-hybridized carbons (Fsp3) is 0.0833. The fourth-order valence-corrected chi connectivity index (χ4v) is 3.96. The van der Waals surface area contributed by atoms with Gasteiger partial charge in [0.25, 0.3) is 0 Å². The van der Waals surface area contributed by atoms with E-state index < -0.39 is 0 Å². The van der Waals surface area contributed by atoms with E-state index in [4.69, 9.17) is 4.98 Å². The number of rotatable bonds is 2. The van der Waals surface area contributed by atoms with E-state index in [1.807, 2.05) is 30.5 Å². The maximum Gasteiger partial charge on any atom is 0.0707 e. The molecule has 0 atom stereocenters. The smallest absolute Gasteiger partial charge is 0.0707 e. The molecule has 0 aliphatic heterocycles. The van der Waals surface area contributed by atoms with Crippen molar-refractivity contribution in [1.29, 1.82) is 0 Å². The zero-order valence-corrected chi connectivity index (χ0v) is 15.3. The van der Waals surface area contributed by atoms with Crippen LogP contribution in [0.25, 0.3) is 44.9 Å². The van der Waals surface area contributed by atoms with Crippen molar-refractivity contribution >= 4 is 44.9 Å². The first-order chi connectivity index (χ1) is 13.2. The highest BCUT2D eigenvalue weighted by Gasteiger charge is 2.11. The summed E-state index contributed by atoms with van der Waals surface area (Å²) in [7, 11) is 2.11. The topological polar surface area (TPSA) is 30.7 Å². The standard InChI is InChI=1S/C24H19N3/c1-16-24-21(20-8-4-6-10-23(20)27(24)2)15-18(26-16)12-11-17-13-14-25-22-9-5-3-7-19(17)22/h3-15H,1-2H3. The zero-order valence-electron chi connectivity index (χ0n) is 15.3. The van der Waals surface area contributed by atoms with Crippen molar-refractivity contribution in [3.05, 3.63) is 83.8 Å². The Labute approximate surface area is 157 Å². The van der Waals surface area contributed by atoms with Crippen LogP contribution in [0.3, 0.4) is 0 Å². The molecule has 3 nitrogen and oxygen atoms in total. The second-order valence-corrected chi connectivity index (χ2v) is 6.86. The summed E-state index contributed by atoms with van der Waals surface area (Å²) in [6.45, 7) is 2.08. The van der Waals surface area contributed by atoms with Gasteiger partial charge in [0.2, 0.25) is 0 Å². The Hall–Kier alpha value is -3.46. The Morgan fingerprint density at radius 1 is 0.852 bits per heavy atom. The molecular weight excluding hydrogens is 330 g/mol. The first-order valence-electron chi connectivity index (χ1n) is 9.09. The summed E-state index contributed by atoms with van der Waals surface area (Å²) in [6, 6.07) is 21.0. The normalized spacial score (nSPS) is 11.9. The van der Waals surface area contributed by atoms with E-state index in [-0.39, 0.29) is 0 Å². The molecule has 2 aromatic carbocycles. The van der Waals surface area contributed by atoms with Crippen LogP contribution in [-0.2, 0) is 7.05 Å². The molecule has 0 spiro atoms. The van der Waals surface area contributed by atoms with Crippen molar-refractivity contribution in [3.8, 4) is 0 Å². The van der Waals surface area contributed by atoms with E-state index in [1.165, 1.54) is 21.8 Å². The van der Waals surface area contributed by atoms with Crippen LogP contribution in [0.15, 0.2) is 66.9 Å². The van der Waals surface area contributed by atoms with Gasteiger partial charge in [0, 0.05) is 34.9 Å². The van der Waals surface area contributed by atoms with Crippen LogP contribution >= 0.6 is 0 Å². The van der Waals surface area contributed by atoms with Gasteiger partial charge in [0.05, 0.1) is 22.4 Å². The predicted octanol–water partition coefficient (Wildman–Crippen LogP) is 5.75. The first kappa shape index (κ1) is 15.8. The lowest BCUT2D eigenvalue weighted by atomic mass is 10.1. The number of aromatic nitrogens is 3. The van der Waals surface area contributed by atoms with Crippen molar-refractivity contribution in [2.75, 3.05) is 0 Å². The highest BCUT2D eigenvalue weighted by molar-refractivity contribution is 6.09. The van der Waals surface area contributed by atoms with E-state index in [1.54, 1.807) is 0 Å². The van der Waals surface area contributed by atoms with Crippen LogP contribution in [0.2, 0.25) is 0 Å². The van der Waals surface area contributed by atoms with Crippen LogP contribution < -0.4 is 0 Å². The molecule has 0 aliphatic rings. The van der Waals surface area contributed by atoms with E-state index in [0.717, 1.165) is 27.9 Å². The van der Waals surface area contributed by atoms with Gasteiger partial charge in [-0.2, -0.15) is 0 Å². The van der Waals surface area contributed by atoms with Gasteiger partial charge in [0.1, 0.15) is 0 Å². The largest absolute Gasteiger partial charge is 0.342 e. The molecule has 0 fully saturated rings. The van der Waals surface area contributed by atoms with Gasteiger partial charge in [-0.15, -0.1) is 0 Å². The van der Waals surface area contributed by atoms with E-state index in [0.29, 0.717) is 0 Å². The lowest BCUT2D eigenvalue weighted by Crippen LogP contribution is -1.93. The second kappa shape index (κ2) is 6.06. The molecule has 0 saturated carbocycles. The molecule has 5 aromatic rings. The van der Waals surface area contributed by atoms with Crippen LogP contribution in [0.5, 0.6) is 0 Å². The summed E-state index contributed by atoms with van der Waals surface area (Å²) >= 11 is 0. The third-order valence-corrected chi connectivity index (χ3v) is 5.19. The number of nitrogens with zero attached hydrogens (tertiary/aromatic N) is 3. The van der Waals surface area contributed by atoms with Crippen LogP contribution in [0, 0.1) is 6.92 Å². The molecular formula is C24H19N3. The number of benzene rings is 2. The van der Waals surface area contributed by atoms with Crippen molar-refractivity contribution < 1.29 is 0 Å². The number of fused-ring (bicyclic) bond motifs is 4. The highest BCUT2D eigenvalue weighted by Crippen LogP contribution is 2.30. The predicted molar refractivity (Wildman–Crippen MR) is 114 cm³/mol. The molecule has 0 aliphatic carbocycles. The number of pyridine rings is 2. The summed E-state index contributed by atoms with van der Waals surface area (Å²) in [6.07, 6.45) is 6.08. The Bertz CT molecular complexity index is 1340. The van der Waals surface area contributed by atoms with Gasteiger partial charge < -0.3 is 4.57 Å². The minimum absolute atomic E-state index is 0.970. The molecule has 0 radical (unpaired) electrons. The van der Waals surface area contributed by atoms with Gasteiger partial charge in [0.15, 0.2) is 0 Å². The van der Waals surface area contributed by atoms with E-state index in [9.17, 15) is 0 Å². The fourth-order valence-electron chi connectivity index (χ4n) is 3.96. The zero-order chi connectivity index (χ0) is 18.4. The third-order valence-electron chi connectivity index (χ3n) is 5.19. The SMILES string of the molecule is Cc1nc(C=Cc2ccnc3ccccc23)cc2c3ccccc3n(C)c12. The van der Waals surface area contributed by atoms with Crippen LogP contribution in [0.1, 0.15) is 17.0 Å².